The van der Waals surface area contributed by atoms with Gasteiger partial charge < -0.3 is 10.2 Å². The summed E-state index contributed by atoms with van der Waals surface area (Å²) in [6.45, 7) is 2.87. The molecule has 0 radical (unpaired) electrons. The highest BCUT2D eigenvalue weighted by molar-refractivity contribution is 6.02. The van der Waals surface area contributed by atoms with Gasteiger partial charge in [-0.05, 0) is 24.6 Å². The third kappa shape index (κ3) is 4.45. The highest BCUT2D eigenvalue weighted by Gasteiger charge is 2.12. The van der Waals surface area contributed by atoms with Crippen LogP contribution >= 0.6 is 0 Å². The fourth-order valence-corrected chi connectivity index (χ4v) is 1.92. The summed E-state index contributed by atoms with van der Waals surface area (Å²) in [4.78, 5) is 22.4. The molecule has 0 bridgehead atoms. The summed E-state index contributed by atoms with van der Waals surface area (Å²) in [5.74, 6) is -2.06. The number of benzene rings is 1. The molecular formula is C16H18F2N4O. The molecule has 1 amide bonds. The first kappa shape index (κ1) is 16.8. The highest BCUT2D eigenvalue weighted by Crippen LogP contribution is 2.14. The van der Waals surface area contributed by atoms with Crippen molar-refractivity contribution in [3.8, 4) is 0 Å². The van der Waals surface area contributed by atoms with Crippen molar-refractivity contribution in [1.29, 1.82) is 0 Å². The van der Waals surface area contributed by atoms with Gasteiger partial charge in [0.15, 0.2) is 11.6 Å². The number of nitrogens with one attached hydrogen (secondary N) is 1. The maximum absolute atomic E-state index is 13.2. The van der Waals surface area contributed by atoms with E-state index in [9.17, 15) is 13.6 Å². The number of carbonyl (C=O) groups excluding carboxylic acids is 1. The number of nitrogens with zero attached hydrogens (tertiary/aromatic N) is 3. The fraction of sp³-hybridized carbons (Fsp3) is 0.312. The van der Waals surface area contributed by atoms with Gasteiger partial charge in [-0.25, -0.2) is 18.7 Å². The smallest absolute Gasteiger partial charge is 0.274 e. The number of carbonyl (C=O) groups is 1. The molecule has 1 aromatic carbocycles. The molecule has 23 heavy (non-hydrogen) atoms. The van der Waals surface area contributed by atoms with Crippen molar-refractivity contribution in [1.82, 2.24) is 9.97 Å². The Morgan fingerprint density at radius 2 is 2.04 bits per heavy atom. The van der Waals surface area contributed by atoms with E-state index in [1.165, 1.54) is 18.3 Å². The van der Waals surface area contributed by atoms with Crippen LogP contribution in [-0.4, -0.2) is 29.5 Å². The molecule has 0 saturated heterocycles. The lowest BCUT2D eigenvalue weighted by Crippen LogP contribution is -2.23. The molecule has 122 valence electrons. The van der Waals surface area contributed by atoms with Crippen LogP contribution in [0.5, 0.6) is 0 Å². The van der Waals surface area contributed by atoms with E-state index in [1.807, 2.05) is 11.9 Å². The molecule has 1 N–H and O–H groups in total. The molecular weight excluding hydrogens is 302 g/mol. The average molecular weight is 320 g/mol. The third-order valence-corrected chi connectivity index (χ3v) is 3.24. The SMILES string of the molecule is CCCCN(C)c1nccc(C(=O)Nc2ccc(F)c(F)c2)n1. The number of rotatable bonds is 6. The first-order valence-electron chi connectivity index (χ1n) is 7.32. The lowest BCUT2D eigenvalue weighted by molar-refractivity contribution is 0.102. The standard InChI is InChI=1S/C16H18F2N4O/c1-3-4-9-22(2)16-19-8-7-14(21-16)15(23)20-11-5-6-12(17)13(18)10-11/h5-8,10H,3-4,9H2,1-2H3,(H,20,23). The van der Waals surface area contributed by atoms with Crippen molar-refractivity contribution >= 4 is 17.5 Å². The predicted octanol–water partition coefficient (Wildman–Crippen LogP) is 3.24. The Morgan fingerprint density at radius 3 is 2.74 bits per heavy atom. The quantitative estimate of drug-likeness (QED) is 0.888. The molecule has 5 nitrogen and oxygen atoms in total. The topological polar surface area (TPSA) is 58.1 Å². The lowest BCUT2D eigenvalue weighted by Gasteiger charge is -2.16. The summed E-state index contributed by atoms with van der Waals surface area (Å²) < 4.78 is 26.1. The maximum atomic E-state index is 13.2. The van der Waals surface area contributed by atoms with Gasteiger partial charge in [0.25, 0.3) is 5.91 Å². The Balaban J connectivity index is 2.11. The monoisotopic (exact) mass is 320 g/mol. The van der Waals surface area contributed by atoms with Crippen LogP contribution in [0, 0.1) is 11.6 Å². The zero-order valence-electron chi connectivity index (χ0n) is 13.0. The van der Waals surface area contributed by atoms with Crippen LogP contribution in [-0.2, 0) is 0 Å². The highest BCUT2D eigenvalue weighted by atomic mass is 19.2. The van der Waals surface area contributed by atoms with Crippen molar-refractivity contribution in [3.63, 3.8) is 0 Å². The summed E-state index contributed by atoms with van der Waals surface area (Å²) in [5.41, 5.74) is 0.316. The Kier molecular flexibility index (Phi) is 5.56. The summed E-state index contributed by atoms with van der Waals surface area (Å²) in [5, 5.41) is 2.48. The van der Waals surface area contributed by atoms with Crippen molar-refractivity contribution in [2.75, 3.05) is 23.8 Å². The molecule has 0 fully saturated rings. The molecule has 2 aromatic rings. The first-order valence-corrected chi connectivity index (χ1v) is 7.32. The van der Waals surface area contributed by atoms with Gasteiger partial charge in [-0.1, -0.05) is 13.3 Å². The minimum Gasteiger partial charge on any atom is -0.344 e. The van der Waals surface area contributed by atoms with Crippen LogP contribution in [0.2, 0.25) is 0 Å². The molecule has 7 heteroatoms. The van der Waals surface area contributed by atoms with Crippen LogP contribution in [0.4, 0.5) is 20.4 Å². The molecule has 1 heterocycles. The summed E-state index contributed by atoms with van der Waals surface area (Å²) in [6.07, 6.45) is 3.52. The van der Waals surface area contributed by atoms with Crippen LogP contribution < -0.4 is 10.2 Å². The van der Waals surface area contributed by atoms with Crippen molar-refractivity contribution in [2.24, 2.45) is 0 Å². The zero-order valence-corrected chi connectivity index (χ0v) is 13.0. The summed E-state index contributed by atoms with van der Waals surface area (Å²) in [7, 11) is 1.85. The van der Waals surface area contributed by atoms with Gasteiger partial charge in [0.2, 0.25) is 5.95 Å². The average Bonchev–Trinajstić information content (AvgIpc) is 2.56. The van der Waals surface area contributed by atoms with Gasteiger partial charge in [0, 0.05) is 31.5 Å². The molecule has 1 aromatic heterocycles. The number of hydrogen-bond acceptors (Lipinski definition) is 4. The van der Waals surface area contributed by atoms with Crippen LogP contribution in [0.15, 0.2) is 30.5 Å². The fourth-order valence-electron chi connectivity index (χ4n) is 1.92. The van der Waals surface area contributed by atoms with Gasteiger partial charge in [0.05, 0.1) is 0 Å². The van der Waals surface area contributed by atoms with E-state index in [4.69, 9.17) is 0 Å². The molecule has 0 aliphatic heterocycles. The molecule has 0 spiro atoms. The van der Waals surface area contributed by atoms with E-state index >= 15 is 0 Å². The van der Waals surface area contributed by atoms with Crippen molar-refractivity contribution < 1.29 is 13.6 Å². The predicted molar refractivity (Wildman–Crippen MR) is 84.5 cm³/mol. The number of anilines is 2. The van der Waals surface area contributed by atoms with Crippen LogP contribution in [0.1, 0.15) is 30.3 Å². The Labute approximate surface area is 133 Å². The summed E-state index contributed by atoms with van der Waals surface area (Å²) >= 11 is 0. The van der Waals surface area contributed by atoms with Gasteiger partial charge in [-0.3, -0.25) is 4.79 Å². The third-order valence-electron chi connectivity index (χ3n) is 3.24. The van der Waals surface area contributed by atoms with Crippen LogP contribution in [0.25, 0.3) is 0 Å². The Morgan fingerprint density at radius 1 is 1.26 bits per heavy atom. The number of aromatic nitrogens is 2. The van der Waals surface area contributed by atoms with Crippen molar-refractivity contribution in [3.05, 3.63) is 47.8 Å². The normalized spacial score (nSPS) is 10.4. The molecule has 2 rings (SSSR count). The van der Waals surface area contributed by atoms with E-state index in [2.05, 4.69) is 22.2 Å². The lowest BCUT2D eigenvalue weighted by atomic mass is 10.3. The maximum Gasteiger partial charge on any atom is 0.274 e. The van der Waals surface area contributed by atoms with E-state index in [0.717, 1.165) is 31.5 Å². The van der Waals surface area contributed by atoms with Gasteiger partial charge in [-0.15, -0.1) is 0 Å². The van der Waals surface area contributed by atoms with Crippen LogP contribution in [0.3, 0.4) is 0 Å². The molecule has 0 saturated carbocycles. The summed E-state index contributed by atoms with van der Waals surface area (Å²) in [6, 6.07) is 4.62. The number of amides is 1. The van der Waals surface area contributed by atoms with E-state index in [1.54, 1.807) is 0 Å². The van der Waals surface area contributed by atoms with Crippen molar-refractivity contribution in [2.45, 2.75) is 19.8 Å². The molecule has 0 aliphatic rings. The molecule has 0 atom stereocenters. The number of unbranched alkanes of at least 4 members (excludes halogenated alkanes) is 1. The second-order valence-corrected chi connectivity index (χ2v) is 5.10. The first-order chi connectivity index (χ1) is 11.0. The van der Waals surface area contributed by atoms with Gasteiger partial charge in [-0.2, -0.15) is 0 Å². The minimum absolute atomic E-state index is 0.156. The number of hydrogen-bond donors (Lipinski definition) is 1. The zero-order chi connectivity index (χ0) is 16.8. The van der Waals surface area contributed by atoms with Gasteiger partial charge >= 0.3 is 0 Å². The number of halogens is 2. The second-order valence-electron chi connectivity index (χ2n) is 5.10. The Hall–Kier alpha value is -2.57. The molecule has 0 unspecified atom stereocenters. The molecule has 0 aliphatic carbocycles. The van der Waals surface area contributed by atoms with E-state index < -0.39 is 17.5 Å². The van der Waals surface area contributed by atoms with E-state index in [0.29, 0.717) is 5.95 Å². The minimum atomic E-state index is -1.02. The second kappa shape index (κ2) is 7.62. The largest absolute Gasteiger partial charge is 0.344 e. The Bertz CT molecular complexity index is 694. The van der Waals surface area contributed by atoms with E-state index in [-0.39, 0.29) is 11.4 Å². The van der Waals surface area contributed by atoms with Gasteiger partial charge in [0.1, 0.15) is 5.69 Å².